The highest BCUT2D eigenvalue weighted by molar-refractivity contribution is 7.89. The molecule has 3 N–H and O–H groups in total. The van der Waals surface area contributed by atoms with Crippen molar-refractivity contribution in [1.29, 1.82) is 0 Å². The van der Waals surface area contributed by atoms with Gasteiger partial charge in [-0.1, -0.05) is 6.42 Å². The number of nitrogens with one attached hydrogen (secondary N) is 3. The molecule has 0 radical (unpaired) electrons. The molecule has 1 aliphatic carbocycles. The van der Waals surface area contributed by atoms with E-state index in [1.54, 1.807) is 0 Å². The first-order valence-corrected chi connectivity index (χ1v) is 10.5. The van der Waals surface area contributed by atoms with Crippen molar-refractivity contribution in [3.8, 4) is 0 Å². The molecule has 0 bridgehead atoms. The summed E-state index contributed by atoms with van der Waals surface area (Å²) in [6.45, 7) is 3.03. The van der Waals surface area contributed by atoms with E-state index >= 15 is 0 Å². The molecule has 1 aliphatic rings. The van der Waals surface area contributed by atoms with Crippen molar-refractivity contribution >= 4 is 16.0 Å². The number of hydrogen-bond donors (Lipinski definition) is 3. The fourth-order valence-corrected chi connectivity index (χ4v) is 3.49. The molecule has 0 amide bonds. The van der Waals surface area contributed by atoms with Crippen LogP contribution in [0.1, 0.15) is 31.7 Å². The van der Waals surface area contributed by atoms with E-state index in [1.807, 2.05) is 6.92 Å². The Morgan fingerprint density at radius 2 is 2.04 bits per heavy atom. The minimum atomic E-state index is -3.35. The largest absolute Gasteiger partial charge is 0.357 e. The molecule has 0 atom stereocenters. The lowest BCUT2D eigenvalue weighted by Crippen LogP contribution is -2.42. The van der Waals surface area contributed by atoms with Crippen molar-refractivity contribution in [2.75, 3.05) is 25.4 Å². The Morgan fingerprint density at radius 3 is 2.69 bits per heavy atom. The highest BCUT2D eigenvalue weighted by Crippen LogP contribution is 2.25. The summed E-state index contributed by atoms with van der Waals surface area (Å²) in [5.41, 5.74) is 0.136. The van der Waals surface area contributed by atoms with Crippen LogP contribution in [0, 0.1) is 17.6 Å². The fourth-order valence-electron chi connectivity index (χ4n) is 2.49. The Hall–Kier alpha value is -1.74. The molecule has 1 aromatic carbocycles. The van der Waals surface area contributed by atoms with Crippen molar-refractivity contribution < 1.29 is 17.2 Å². The number of hydrogen-bond acceptors (Lipinski definition) is 3. The van der Waals surface area contributed by atoms with Crippen LogP contribution in [0.25, 0.3) is 0 Å². The third kappa shape index (κ3) is 6.87. The quantitative estimate of drug-likeness (QED) is 0.445. The van der Waals surface area contributed by atoms with Crippen molar-refractivity contribution in [3.63, 3.8) is 0 Å². The van der Waals surface area contributed by atoms with Gasteiger partial charge in [0.15, 0.2) is 5.96 Å². The average Bonchev–Trinajstić information content (AvgIpc) is 2.53. The molecule has 1 saturated carbocycles. The van der Waals surface area contributed by atoms with Crippen LogP contribution in [0.4, 0.5) is 8.78 Å². The number of halogens is 2. The maximum atomic E-state index is 13.6. The van der Waals surface area contributed by atoms with Gasteiger partial charge in [-0.05, 0) is 43.9 Å². The van der Waals surface area contributed by atoms with E-state index in [9.17, 15) is 17.2 Å². The van der Waals surface area contributed by atoms with E-state index < -0.39 is 21.7 Å². The smallest absolute Gasteiger partial charge is 0.213 e. The van der Waals surface area contributed by atoms with Crippen LogP contribution in [0.2, 0.25) is 0 Å². The molecule has 146 valence electrons. The van der Waals surface area contributed by atoms with E-state index in [-0.39, 0.29) is 24.4 Å². The van der Waals surface area contributed by atoms with Gasteiger partial charge in [0.2, 0.25) is 10.0 Å². The van der Waals surface area contributed by atoms with E-state index in [0.717, 1.165) is 31.0 Å². The zero-order valence-corrected chi connectivity index (χ0v) is 15.7. The zero-order chi connectivity index (χ0) is 19.0. The van der Waals surface area contributed by atoms with Gasteiger partial charge in [-0.25, -0.2) is 26.9 Å². The summed E-state index contributed by atoms with van der Waals surface area (Å²) in [6, 6.07) is 3.20. The van der Waals surface area contributed by atoms with Gasteiger partial charge in [0.1, 0.15) is 11.6 Å². The Balaban J connectivity index is 1.83. The second-order valence-electron chi connectivity index (χ2n) is 6.32. The van der Waals surface area contributed by atoms with Gasteiger partial charge in [0.05, 0.1) is 12.3 Å². The average molecular weight is 388 g/mol. The molecule has 0 saturated heterocycles. The van der Waals surface area contributed by atoms with Crippen molar-refractivity contribution in [3.05, 3.63) is 35.4 Å². The topological polar surface area (TPSA) is 82.6 Å². The number of guanidine groups is 1. The SMILES string of the molecule is CCNC(=NCc1cc(F)ccc1F)NCCS(=O)(=O)NCC1CCC1. The van der Waals surface area contributed by atoms with Crippen molar-refractivity contribution in [2.45, 2.75) is 32.7 Å². The predicted molar refractivity (Wildman–Crippen MR) is 98.3 cm³/mol. The second kappa shape index (κ2) is 9.82. The number of aliphatic imine (C=N–C) groups is 1. The second-order valence-corrected chi connectivity index (χ2v) is 8.25. The molecule has 6 nitrogen and oxygen atoms in total. The molecule has 0 unspecified atom stereocenters. The molecule has 9 heteroatoms. The summed E-state index contributed by atoms with van der Waals surface area (Å²) in [5, 5.41) is 5.85. The lowest BCUT2D eigenvalue weighted by atomic mass is 9.86. The van der Waals surface area contributed by atoms with Crippen LogP contribution >= 0.6 is 0 Å². The summed E-state index contributed by atoms with van der Waals surface area (Å²) in [4.78, 5) is 4.17. The van der Waals surface area contributed by atoms with E-state index in [2.05, 4.69) is 20.3 Å². The molecule has 0 aliphatic heterocycles. The van der Waals surface area contributed by atoms with Crippen LogP contribution in [-0.4, -0.2) is 39.8 Å². The molecule has 0 spiro atoms. The van der Waals surface area contributed by atoms with Gasteiger partial charge in [-0.2, -0.15) is 0 Å². The molecule has 0 aromatic heterocycles. The van der Waals surface area contributed by atoms with Crippen LogP contribution in [-0.2, 0) is 16.6 Å². The lowest BCUT2D eigenvalue weighted by Gasteiger charge is -2.25. The molecular formula is C17H26F2N4O2S. The Bertz CT molecular complexity index is 721. The summed E-state index contributed by atoms with van der Waals surface area (Å²) < 4.78 is 53.4. The molecule has 1 aromatic rings. The first kappa shape index (κ1) is 20.6. The van der Waals surface area contributed by atoms with E-state index in [1.165, 1.54) is 6.42 Å². The predicted octanol–water partition coefficient (Wildman–Crippen LogP) is 1.74. The number of rotatable bonds is 9. The number of nitrogens with zero attached hydrogens (tertiary/aromatic N) is 1. The lowest BCUT2D eigenvalue weighted by molar-refractivity contribution is 0.316. The molecule has 1 fully saturated rings. The van der Waals surface area contributed by atoms with E-state index in [0.29, 0.717) is 25.0 Å². The van der Waals surface area contributed by atoms with Crippen LogP contribution in [0.3, 0.4) is 0 Å². The van der Waals surface area contributed by atoms with Gasteiger partial charge in [-0.3, -0.25) is 0 Å². The standard InChI is InChI=1S/C17H26F2N4O2S/c1-2-20-17(22-12-14-10-15(18)6-7-16(14)19)21-8-9-26(24,25)23-11-13-4-3-5-13/h6-7,10,13,23H,2-5,8-9,11-12H2,1H3,(H2,20,21,22). The van der Waals surface area contributed by atoms with Gasteiger partial charge < -0.3 is 10.6 Å². The van der Waals surface area contributed by atoms with Crippen LogP contribution in [0.5, 0.6) is 0 Å². The number of benzene rings is 1. The summed E-state index contributed by atoms with van der Waals surface area (Å²) in [6.07, 6.45) is 3.33. The molecule has 26 heavy (non-hydrogen) atoms. The van der Waals surface area contributed by atoms with Crippen LogP contribution in [0.15, 0.2) is 23.2 Å². The maximum absolute atomic E-state index is 13.6. The third-order valence-electron chi connectivity index (χ3n) is 4.24. The minimum absolute atomic E-state index is 0.0500. The van der Waals surface area contributed by atoms with Crippen molar-refractivity contribution in [1.82, 2.24) is 15.4 Å². The third-order valence-corrected chi connectivity index (χ3v) is 5.59. The van der Waals surface area contributed by atoms with Gasteiger partial charge in [0, 0.05) is 25.2 Å². The Kier molecular flexibility index (Phi) is 7.77. The number of sulfonamides is 1. The first-order valence-electron chi connectivity index (χ1n) is 8.83. The van der Waals surface area contributed by atoms with Gasteiger partial charge >= 0.3 is 0 Å². The fraction of sp³-hybridized carbons (Fsp3) is 0.588. The normalized spacial score (nSPS) is 15.6. The Labute approximate surface area is 153 Å². The highest BCUT2D eigenvalue weighted by atomic mass is 32.2. The molecule has 0 heterocycles. The zero-order valence-electron chi connectivity index (χ0n) is 14.9. The molecular weight excluding hydrogens is 362 g/mol. The summed E-state index contributed by atoms with van der Waals surface area (Å²) >= 11 is 0. The Morgan fingerprint density at radius 1 is 1.27 bits per heavy atom. The summed E-state index contributed by atoms with van der Waals surface area (Å²) in [5.74, 6) is -0.339. The van der Waals surface area contributed by atoms with Crippen LogP contribution < -0.4 is 15.4 Å². The van der Waals surface area contributed by atoms with Crippen molar-refractivity contribution in [2.24, 2.45) is 10.9 Å². The van der Waals surface area contributed by atoms with Gasteiger partial charge in [0.25, 0.3) is 0 Å². The maximum Gasteiger partial charge on any atom is 0.213 e. The minimum Gasteiger partial charge on any atom is -0.357 e. The summed E-state index contributed by atoms with van der Waals surface area (Å²) in [7, 11) is -3.35. The highest BCUT2D eigenvalue weighted by Gasteiger charge is 2.20. The van der Waals surface area contributed by atoms with E-state index in [4.69, 9.17) is 0 Å². The monoisotopic (exact) mass is 388 g/mol. The molecule has 2 rings (SSSR count). The van der Waals surface area contributed by atoms with Gasteiger partial charge in [-0.15, -0.1) is 0 Å². The first-order chi connectivity index (χ1) is 12.4.